The molecule has 0 saturated heterocycles. The number of nitrogens with zero attached hydrogens (tertiary/aromatic N) is 4. The smallest absolute Gasteiger partial charge is 0.324 e. The monoisotopic (exact) mass is 458 g/mol. The number of hydrogen-bond donors (Lipinski definition) is 2. The standard InChI is InChI=1S/C25H26N6O3/c1-14(2)30-12-17(21-23(26)28-13-29-24(21)30)22(32)16-9-10-20(34-4)19(11-16)31(25(27)33)18-8-6-5-7-15(18)3/h5-14H,1-4H3,(H2,27,33)(H2,26,28,29). The average molecular weight is 459 g/mol. The number of methoxy groups -OCH3 is 1. The van der Waals surface area contributed by atoms with Crippen molar-refractivity contribution in [3.63, 3.8) is 0 Å². The van der Waals surface area contributed by atoms with E-state index < -0.39 is 6.03 Å². The molecule has 0 saturated carbocycles. The fourth-order valence-electron chi connectivity index (χ4n) is 4.02. The van der Waals surface area contributed by atoms with Crippen molar-refractivity contribution in [3.05, 3.63) is 71.7 Å². The van der Waals surface area contributed by atoms with Crippen LogP contribution in [0.4, 0.5) is 22.0 Å². The third-order valence-corrected chi connectivity index (χ3v) is 5.70. The van der Waals surface area contributed by atoms with Gasteiger partial charge in [0.1, 0.15) is 23.5 Å². The predicted octanol–water partition coefficient (Wildman–Crippen LogP) is 4.36. The Labute approximate surface area is 197 Å². The largest absolute Gasteiger partial charge is 0.495 e. The Balaban J connectivity index is 1.90. The van der Waals surface area contributed by atoms with Gasteiger partial charge in [-0.15, -0.1) is 0 Å². The van der Waals surface area contributed by atoms with E-state index in [-0.39, 0.29) is 17.6 Å². The molecule has 4 rings (SSSR count). The van der Waals surface area contributed by atoms with Gasteiger partial charge in [0.05, 0.1) is 29.4 Å². The van der Waals surface area contributed by atoms with Crippen LogP contribution in [0.2, 0.25) is 0 Å². The summed E-state index contributed by atoms with van der Waals surface area (Å²) in [6.07, 6.45) is 3.11. The third-order valence-electron chi connectivity index (χ3n) is 5.70. The first-order valence-corrected chi connectivity index (χ1v) is 10.7. The lowest BCUT2D eigenvalue weighted by atomic mass is 10.0. The number of carbonyl (C=O) groups excluding carboxylic acids is 2. The summed E-state index contributed by atoms with van der Waals surface area (Å²) in [5.74, 6) is 0.329. The first-order chi connectivity index (χ1) is 16.2. The van der Waals surface area contributed by atoms with Crippen molar-refractivity contribution in [1.29, 1.82) is 0 Å². The molecule has 0 aliphatic carbocycles. The van der Waals surface area contributed by atoms with Crippen molar-refractivity contribution in [2.75, 3.05) is 17.7 Å². The zero-order chi connectivity index (χ0) is 24.6. The van der Waals surface area contributed by atoms with Gasteiger partial charge in [-0.1, -0.05) is 18.2 Å². The maximum atomic E-state index is 13.7. The summed E-state index contributed by atoms with van der Waals surface area (Å²) in [5, 5.41) is 0.490. The summed E-state index contributed by atoms with van der Waals surface area (Å²) in [6.45, 7) is 5.85. The lowest BCUT2D eigenvalue weighted by molar-refractivity contribution is 0.104. The molecule has 2 amide bonds. The molecule has 9 nitrogen and oxygen atoms in total. The van der Waals surface area contributed by atoms with Gasteiger partial charge in [0.25, 0.3) is 0 Å². The topological polar surface area (TPSA) is 129 Å². The van der Waals surface area contributed by atoms with E-state index in [1.165, 1.54) is 18.3 Å². The summed E-state index contributed by atoms with van der Waals surface area (Å²) in [5.41, 5.74) is 15.0. The van der Waals surface area contributed by atoms with Crippen LogP contribution in [0.5, 0.6) is 5.75 Å². The number of anilines is 3. The number of nitrogen functional groups attached to an aromatic ring is 1. The van der Waals surface area contributed by atoms with Gasteiger partial charge < -0.3 is 20.8 Å². The van der Waals surface area contributed by atoms with Crippen LogP contribution in [0, 0.1) is 6.92 Å². The van der Waals surface area contributed by atoms with E-state index >= 15 is 0 Å². The van der Waals surface area contributed by atoms with Crippen molar-refractivity contribution in [2.24, 2.45) is 5.73 Å². The van der Waals surface area contributed by atoms with Crippen LogP contribution in [0.1, 0.15) is 41.4 Å². The van der Waals surface area contributed by atoms with E-state index in [2.05, 4.69) is 9.97 Å². The molecular weight excluding hydrogens is 432 g/mol. The zero-order valence-electron chi connectivity index (χ0n) is 19.4. The van der Waals surface area contributed by atoms with E-state index in [1.807, 2.05) is 43.5 Å². The molecule has 2 heterocycles. The van der Waals surface area contributed by atoms with Gasteiger partial charge in [-0.05, 0) is 50.6 Å². The number of aryl methyl sites for hydroxylation is 1. The van der Waals surface area contributed by atoms with Crippen LogP contribution in [0.25, 0.3) is 11.0 Å². The summed E-state index contributed by atoms with van der Waals surface area (Å²) < 4.78 is 7.38. The second kappa shape index (κ2) is 8.86. The number of fused-ring (bicyclic) bond motifs is 1. The lowest BCUT2D eigenvalue weighted by Crippen LogP contribution is -2.32. The van der Waals surface area contributed by atoms with E-state index in [1.54, 1.807) is 30.5 Å². The number of rotatable bonds is 6. The Morgan fingerprint density at radius 1 is 1.09 bits per heavy atom. The number of ether oxygens (including phenoxy) is 1. The Morgan fingerprint density at radius 2 is 1.82 bits per heavy atom. The van der Waals surface area contributed by atoms with Crippen molar-refractivity contribution in [1.82, 2.24) is 14.5 Å². The number of hydrogen-bond acceptors (Lipinski definition) is 6. The number of carbonyl (C=O) groups is 2. The SMILES string of the molecule is COc1ccc(C(=O)c2cn(C(C)C)c3ncnc(N)c23)cc1N(C(N)=O)c1ccccc1C. The fourth-order valence-corrected chi connectivity index (χ4v) is 4.02. The second-order valence-corrected chi connectivity index (χ2v) is 8.18. The molecule has 4 N–H and O–H groups in total. The van der Waals surface area contributed by atoms with Gasteiger partial charge in [-0.2, -0.15) is 0 Å². The number of aromatic nitrogens is 3. The average Bonchev–Trinajstić information content (AvgIpc) is 3.21. The predicted molar refractivity (Wildman–Crippen MR) is 132 cm³/mol. The van der Waals surface area contributed by atoms with E-state index in [0.29, 0.717) is 39.3 Å². The van der Waals surface area contributed by atoms with Crippen molar-refractivity contribution >= 4 is 40.0 Å². The molecule has 34 heavy (non-hydrogen) atoms. The number of primary amides is 1. The number of para-hydroxylation sites is 1. The summed E-state index contributed by atoms with van der Waals surface area (Å²) in [6, 6.07) is 11.5. The summed E-state index contributed by atoms with van der Waals surface area (Å²) >= 11 is 0. The number of ketones is 1. The van der Waals surface area contributed by atoms with Gasteiger partial charge in [-0.3, -0.25) is 9.69 Å². The molecule has 0 aliphatic rings. The lowest BCUT2D eigenvalue weighted by Gasteiger charge is -2.24. The molecule has 174 valence electrons. The molecule has 0 spiro atoms. The molecule has 0 fully saturated rings. The van der Waals surface area contributed by atoms with Gasteiger partial charge in [0, 0.05) is 17.8 Å². The maximum absolute atomic E-state index is 13.7. The molecule has 4 aromatic rings. The molecule has 0 aliphatic heterocycles. The Kier molecular flexibility index (Phi) is 5.93. The molecule has 9 heteroatoms. The highest BCUT2D eigenvalue weighted by Crippen LogP contribution is 2.37. The minimum atomic E-state index is -0.703. The van der Waals surface area contributed by atoms with E-state index in [0.717, 1.165) is 5.56 Å². The van der Waals surface area contributed by atoms with Gasteiger partial charge in [-0.25, -0.2) is 14.8 Å². The molecule has 0 atom stereocenters. The highest BCUT2D eigenvalue weighted by Gasteiger charge is 2.25. The molecule has 0 bridgehead atoms. The molecule has 2 aromatic carbocycles. The number of benzene rings is 2. The van der Waals surface area contributed by atoms with E-state index in [9.17, 15) is 9.59 Å². The van der Waals surface area contributed by atoms with Crippen LogP contribution in [-0.4, -0.2) is 33.5 Å². The van der Waals surface area contributed by atoms with Crippen molar-refractivity contribution in [3.8, 4) is 5.75 Å². The normalized spacial score (nSPS) is 11.1. The second-order valence-electron chi connectivity index (χ2n) is 8.18. The zero-order valence-corrected chi connectivity index (χ0v) is 19.4. The number of nitrogens with two attached hydrogens (primary N) is 2. The Morgan fingerprint density at radius 3 is 2.47 bits per heavy atom. The van der Waals surface area contributed by atoms with Crippen LogP contribution in [0.3, 0.4) is 0 Å². The Hall–Kier alpha value is -4.40. The maximum Gasteiger partial charge on any atom is 0.324 e. The first kappa shape index (κ1) is 22.8. The summed E-state index contributed by atoms with van der Waals surface area (Å²) in [4.78, 5) is 36.0. The highest BCUT2D eigenvalue weighted by atomic mass is 16.5. The van der Waals surface area contributed by atoms with Crippen LogP contribution in [0.15, 0.2) is 55.0 Å². The van der Waals surface area contributed by atoms with Gasteiger partial charge in [0.2, 0.25) is 0 Å². The third kappa shape index (κ3) is 3.81. The highest BCUT2D eigenvalue weighted by molar-refractivity contribution is 6.18. The molecule has 0 radical (unpaired) electrons. The van der Waals surface area contributed by atoms with Crippen molar-refractivity contribution < 1.29 is 14.3 Å². The van der Waals surface area contributed by atoms with E-state index in [4.69, 9.17) is 16.2 Å². The fraction of sp³-hybridized carbons (Fsp3) is 0.200. The minimum Gasteiger partial charge on any atom is -0.495 e. The van der Waals surface area contributed by atoms with Crippen LogP contribution in [-0.2, 0) is 0 Å². The van der Waals surface area contributed by atoms with Gasteiger partial charge in [0.15, 0.2) is 5.78 Å². The Bertz CT molecular complexity index is 1410. The molecule has 2 aromatic heterocycles. The number of urea groups is 1. The quantitative estimate of drug-likeness (QED) is 0.413. The molecular formula is C25H26N6O3. The van der Waals surface area contributed by atoms with Crippen LogP contribution < -0.4 is 21.1 Å². The first-order valence-electron chi connectivity index (χ1n) is 10.7. The van der Waals surface area contributed by atoms with Gasteiger partial charge >= 0.3 is 6.03 Å². The minimum absolute atomic E-state index is 0.0520. The number of amides is 2. The summed E-state index contributed by atoms with van der Waals surface area (Å²) in [7, 11) is 1.49. The van der Waals surface area contributed by atoms with Crippen molar-refractivity contribution in [2.45, 2.75) is 26.8 Å². The molecule has 0 unspecified atom stereocenters. The van der Waals surface area contributed by atoms with Crippen LogP contribution >= 0.6 is 0 Å².